The molecule has 0 saturated carbocycles. The average Bonchev–Trinajstić information content (AvgIpc) is 2.80. The fourth-order valence-corrected chi connectivity index (χ4v) is 3.15. The van der Waals surface area contributed by atoms with E-state index in [4.69, 9.17) is 20.5 Å². The van der Waals surface area contributed by atoms with Crippen molar-refractivity contribution in [3.05, 3.63) is 29.8 Å². The van der Waals surface area contributed by atoms with Crippen molar-refractivity contribution in [1.29, 1.82) is 0 Å². The molecular weight excluding hydrogens is 415 g/mol. The maximum atomic E-state index is 12.5. The van der Waals surface area contributed by atoms with Crippen molar-refractivity contribution in [2.75, 3.05) is 27.2 Å². The molecule has 0 fully saturated rings. The SMILES string of the molecule is CNC(CCCCN)C(=O)NC(CCCCNC(=O)c1ccc(B(O)O)cc1)C(=O)OC. The Hall–Kier alpha value is -2.47. The maximum absolute atomic E-state index is 12.5. The number of carbonyl (C=O) groups excluding carboxylic acids is 3. The van der Waals surface area contributed by atoms with Crippen LogP contribution in [0.4, 0.5) is 0 Å². The van der Waals surface area contributed by atoms with Crippen molar-refractivity contribution < 1.29 is 29.2 Å². The van der Waals surface area contributed by atoms with Crippen LogP contribution in [0.25, 0.3) is 0 Å². The number of benzene rings is 1. The molecule has 0 radical (unpaired) electrons. The molecule has 32 heavy (non-hydrogen) atoms. The minimum Gasteiger partial charge on any atom is -0.467 e. The van der Waals surface area contributed by atoms with Crippen LogP contribution in [0.3, 0.4) is 0 Å². The van der Waals surface area contributed by atoms with Crippen molar-refractivity contribution in [1.82, 2.24) is 16.0 Å². The van der Waals surface area contributed by atoms with Gasteiger partial charge in [0.15, 0.2) is 0 Å². The number of nitrogens with two attached hydrogens (primary N) is 1. The van der Waals surface area contributed by atoms with Gasteiger partial charge in [-0.15, -0.1) is 0 Å². The number of methoxy groups -OCH3 is 1. The number of hydrogen-bond donors (Lipinski definition) is 6. The number of rotatable bonds is 15. The van der Waals surface area contributed by atoms with Crippen LogP contribution in [0.1, 0.15) is 48.9 Å². The second-order valence-electron chi connectivity index (χ2n) is 7.46. The highest BCUT2D eigenvalue weighted by Crippen LogP contribution is 2.06. The summed E-state index contributed by atoms with van der Waals surface area (Å²) in [4.78, 5) is 36.7. The van der Waals surface area contributed by atoms with Crippen LogP contribution < -0.4 is 27.1 Å². The number of nitrogens with one attached hydrogen (secondary N) is 3. The highest BCUT2D eigenvalue weighted by atomic mass is 16.5. The summed E-state index contributed by atoms with van der Waals surface area (Å²) in [5.74, 6) is -1.05. The lowest BCUT2D eigenvalue weighted by molar-refractivity contribution is -0.145. The first-order chi connectivity index (χ1) is 15.3. The first-order valence-electron chi connectivity index (χ1n) is 10.8. The Labute approximate surface area is 189 Å². The minimum atomic E-state index is -1.58. The van der Waals surface area contributed by atoms with Crippen LogP contribution in [0.5, 0.6) is 0 Å². The van der Waals surface area contributed by atoms with Gasteiger partial charge in [-0.25, -0.2) is 4.79 Å². The molecule has 0 aliphatic rings. The zero-order valence-corrected chi connectivity index (χ0v) is 18.8. The summed E-state index contributed by atoms with van der Waals surface area (Å²) in [7, 11) is 1.39. The zero-order valence-electron chi connectivity index (χ0n) is 18.8. The van der Waals surface area contributed by atoms with Crippen molar-refractivity contribution >= 4 is 30.4 Å². The van der Waals surface area contributed by atoms with Gasteiger partial charge in [0.25, 0.3) is 5.91 Å². The molecule has 0 heterocycles. The Balaban J connectivity index is 2.45. The van der Waals surface area contributed by atoms with Gasteiger partial charge in [0.2, 0.25) is 5.91 Å². The Kier molecular flexibility index (Phi) is 13.2. The summed E-state index contributed by atoms with van der Waals surface area (Å²) in [5, 5.41) is 26.7. The van der Waals surface area contributed by atoms with E-state index in [1.165, 1.54) is 31.4 Å². The summed E-state index contributed by atoms with van der Waals surface area (Å²) in [5.41, 5.74) is 6.20. The summed E-state index contributed by atoms with van der Waals surface area (Å²) >= 11 is 0. The third-order valence-corrected chi connectivity index (χ3v) is 5.09. The third kappa shape index (κ3) is 9.78. The van der Waals surface area contributed by atoms with Gasteiger partial charge in [-0.3, -0.25) is 9.59 Å². The van der Waals surface area contributed by atoms with Crippen LogP contribution in [0, 0.1) is 0 Å². The number of carbonyl (C=O) groups is 3. The number of amides is 2. The second kappa shape index (κ2) is 15.4. The predicted octanol–water partition coefficient (Wildman–Crippen LogP) is -1.36. The summed E-state index contributed by atoms with van der Waals surface area (Å²) < 4.78 is 4.81. The van der Waals surface area contributed by atoms with Gasteiger partial charge >= 0.3 is 13.1 Å². The molecule has 1 aromatic rings. The van der Waals surface area contributed by atoms with Crippen LogP contribution in [0.15, 0.2) is 24.3 Å². The van der Waals surface area contributed by atoms with Gasteiger partial charge in [0.05, 0.1) is 13.2 Å². The van der Waals surface area contributed by atoms with Crippen molar-refractivity contribution in [3.63, 3.8) is 0 Å². The largest absolute Gasteiger partial charge is 0.488 e. The van der Waals surface area contributed by atoms with E-state index in [0.717, 1.165) is 12.8 Å². The Morgan fingerprint density at radius 2 is 1.66 bits per heavy atom. The molecule has 11 heteroatoms. The van der Waals surface area contributed by atoms with E-state index in [2.05, 4.69) is 16.0 Å². The van der Waals surface area contributed by atoms with Crippen molar-refractivity contribution in [2.45, 2.75) is 50.6 Å². The Morgan fingerprint density at radius 3 is 2.22 bits per heavy atom. The van der Waals surface area contributed by atoms with Crippen molar-refractivity contribution in [3.8, 4) is 0 Å². The topological polar surface area (TPSA) is 163 Å². The number of hydrogen-bond acceptors (Lipinski definition) is 8. The molecule has 0 aromatic heterocycles. The quantitative estimate of drug-likeness (QED) is 0.108. The summed E-state index contributed by atoms with van der Waals surface area (Å²) in [6.45, 7) is 0.958. The smallest absolute Gasteiger partial charge is 0.467 e. The van der Waals surface area contributed by atoms with Crippen molar-refractivity contribution in [2.24, 2.45) is 5.73 Å². The van der Waals surface area contributed by atoms with Crippen LogP contribution >= 0.6 is 0 Å². The molecule has 0 saturated heterocycles. The molecule has 7 N–H and O–H groups in total. The lowest BCUT2D eigenvalue weighted by Crippen LogP contribution is -2.49. The summed E-state index contributed by atoms with van der Waals surface area (Å²) in [6.07, 6.45) is 3.84. The van der Waals surface area contributed by atoms with Gasteiger partial charge in [-0.05, 0) is 63.3 Å². The second-order valence-corrected chi connectivity index (χ2v) is 7.46. The number of unbranched alkanes of at least 4 members (excludes halogenated alkanes) is 2. The molecule has 0 aliphatic heterocycles. The van der Waals surface area contributed by atoms with E-state index < -0.39 is 25.2 Å². The number of likely N-dealkylation sites (N-methyl/N-ethyl adjacent to an activating group) is 1. The molecule has 1 rings (SSSR count). The van der Waals surface area contributed by atoms with Gasteiger partial charge in [0.1, 0.15) is 6.04 Å². The van der Waals surface area contributed by atoms with E-state index in [1.54, 1.807) is 7.05 Å². The number of esters is 1. The first-order valence-corrected chi connectivity index (χ1v) is 10.8. The third-order valence-electron chi connectivity index (χ3n) is 5.09. The highest BCUT2D eigenvalue weighted by molar-refractivity contribution is 6.58. The van der Waals surface area contributed by atoms with Gasteiger partial charge in [-0.2, -0.15) is 0 Å². The molecule has 10 nitrogen and oxygen atoms in total. The lowest BCUT2D eigenvalue weighted by Gasteiger charge is -2.21. The maximum Gasteiger partial charge on any atom is 0.488 e. The van der Waals surface area contributed by atoms with Crippen LogP contribution in [0.2, 0.25) is 0 Å². The standard InChI is InChI=1S/C21H35BN4O6/c1-24-17(7-3-5-13-23)20(28)26-18(21(29)32-2)8-4-6-14-25-19(27)15-9-11-16(12-10-15)22(30)31/h9-12,17-18,24,30-31H,3-8,13-14,23H2,1-2H3,(H,25,27)(H,26,28). The monoisotopic (exact) mass is 450 g/mol. The highest BCUT2D eigenvalue weighted by Gasteiger charge is 2.25. The minimum absolute atomic E-state index is 0.260. The molecule has 0 spiro atoms. The van der Waals surface area contributed by atoms with E-state index >= 15 is 0 Å². The Bertz CT molecular complexity index is 717. The van der Waals surface area contributed by atoms with E-state index in [9.17, 15) is 14.4 Å². The van der Waals surface area contributed by atoms with E-state index in [0.29, 0.717) is 49.8 Å². The lowest BCUT2D eigenvalue weighted by atomic mass is 9.80. The first kappa shape index (κ1) is 27.6. The Morgan fingerprint density at radius 1 is 1.03 bits per heavy atom. The van der Waals surface area contributed by atoms with Gasteiger partial charge in [-0.1, -0.05) is 18.6 Å². The zero-order chi connectivity index (χ0) is 23.9. The predicted molar refractivity (Wildman–Crippen MR) is 122 cm³/mol. The molecule has 2 amide bonds. The van der Waals surface area contributed by atoms with Gasteiger partial charge < -0.3 is 36.5 Å². The molecule has 0 aliphatic carbocycles. The molecule has 178 valence electrons. The fraction of sp³-hybridized carbons (Fsp3) is 0.571. The van der Waals surface area contributed by atoms with E-state index in [-0.39, 0.29) is 11.8 Å². The molecular formula is C21H35BN4O6. The number of ether oxygens (including phenoxy) is 1. The van der Waals surface area contributed by atoms with Crippen LogP contribution in [-0.4, -0.2) is 74.3 Å². The fourth-order valence-electron chi connectivity index (χ4n) is 3.15. The molecule has 2 unspecified atom stereocenters. The van der Waals surface area contributed by atoms with E-state index in [1.807, 2.05) is 0 Å². The summed E-state index contributed by atoms with van der Waals surface area (Å²) in [6, 6.07) is 4.80. The normalized spacial score (nSPS) is 12.5. The molecule has 2 atom stereocenters. The molecule has 1 aromatic carbocycles. The average molecular weight is 450 g/mol. The molecule has 0 bridgehead atoms. The van der Waals surface area contributed by atoms with Gasteiger partial charge in [0, 0.05) is 12.1 Å². The van der Waals surface area contributed by atoms with Crippen LogP contribution in [-0.2, 0) is 14.3 Å².